The first-order valence-corrected chi connectivity index (χ1v) is 14.7. The van der Waals surface area contributed by atoms with E-state index in [0.29, 0.717) is 52.8 Å². The van der Waals surface area contributed by atoms with Crippen LogP contribution in [0.15, 0.2) is 0 Å². The summed E-state index contributed by atoms with van der Waals surface area (Å²) in [5, 5.41) is 24.7. The van der Waals surface area contributed by atoms with E-state index in [1.54, 1.807) is 11.8 Å². The molecule has 4 nitrogen and oxygen atoms in total. The van der Waals surface area contributed by atoms with E-state index in [9.17, 15) is 15.0 Å². The molecule has 5 heteroatoms. The zero-order valence-electron chi connectivity index (χ0n) is 20.8. The molecule has 0 radical (unpaired) electrons. The average molecular weight is 466 g/mol. The summed E-state index contributed by atoms with van der Waals surface area (Å²) in [7, 11) is 0. The molecule has 4 aliphatic rings. The topological polar surface area (TPSA) is 69.6 Å². The lowest BCUT2D eigenvalue weighted by molar-refractivity contribution is -0.174. The Labute approximate surface area is 200 Å². The highest BCUT2D eigenvalue weighted by Gasteiger charge is 2.62. The molecule has 32 heavy (non-hydrogen) atoms. The van der Waals surface area contributed by atoms with E-state index in [0.717, 1.165) is 44.4 Å². The summed E-state index contributed by atoms with van der Waals surface area (Å²) in [6.45, 7) is 8.15. The zero-order chi connectivity index (χ0) is 23.1. The van der Waals surface area contributed by atoms with Gasteiger partial charge in [-0.3, -0.25) is 4.79 Å². The summed E-state index contributed by atoms with van der Waals surface area (Å²) in [6.07, 6.45) is 12.2. The molecule has 184 valence electrons. The second-order valence-corrected chi connectivity index (χ2v) is 13.3. The van der Waals surface area contributed by atoms with Crippen LogP contribution in [0.4, 0.5) is 0 Å². The molecule has 10 atom stereocenters. The van der Waals surface area contributed by atoms with Crippen molar-refractivity contribution in [3.8, 4) is 0 Å². The number of hydrogen-bond acceptors (Lipinski definition) is 4. The average Bonchev–Trinajstić information content (AvgIpc) is 3.11. The van der Waals surface area contributed by atoms with Gasteiger partial charge < -0.3 is 15.5 Å². The van der Waals surface area contributed by atoms with E-state index in [2.05, 4.69) is 32.3 Å². The van der Waals surface area contributed by atoms with Gasteiger partial charge in [-0.2, -0.15) is 11.8 Å². The molecule has 0 unspecified atom stereocenters. The number of thioether (sulfide) groups is 1. The molecular weight excluding hydrogens is 418 g/mol. The Bertz CT molecular complexity index is 673. The molecule has 0 aliphatic heterocycles. The fourth-order valence-corrected chi connectivity index (χ4v) is 9.42. The lowest BCUT2D eigenvalue weighted by Gasteiger charge is -2.62. The van der Waals surface area contributed by atoms with Crippen molar-refractivity contribution in [1.29, 1.82) is 0 Å². The van der Waals surface area contributed by atoms with Crippen LogP contribution in [0.2, 0.25) is 0 Å². The molecule has 0 aromatic heterocycles. The molecule has 4 saturated carbocycles. The van der Waals surface area contributed by atoms with Crippen molar-refractivity contribution in [2.75, 3.05) is 18.6 Å². The molecule has 0 aromatic carbocycles. The minimum Gasteiger partial charge on any atom is -0.393 e. The summed E-state index contributed by atoms with van der Waals surface area (Å²) in [4.78, 5) is 12.3. The van der Waals surface area contributed by atoms with Crippen molar-refractivity contribution in [3.05, 3.63) is 0 Å². The first kappa shape index (κ1) is 24.9. The van der Waals surface area contributed by atoms with Crippen LogP contribution < -0.4 is 5.32 Å². The quantitative estimate of drug-likeness (QED) is 0.469. The number of hydrogen-bond donors (Lipinski definition) is 3. The fraction of sp³-hybridized carbons (Fsp3) is 0.963. The monoisotopic (exact) mass is 465 g/mol. The summed E-state index contributed by atoms with van der Waals surface area (Å²) in [5.74, 6) is 4.54. The highest BCUT2D eigenvalue weighted by atomic mass is 32.2. The predicted octanol–water partition coefficient (Wildman–Crippen LogP) is 4.87. The standard InChI is InChI=1S/C27H47NO3S/c1-17(5-8-24(31)28-13-14-32-4)20-6-7-21-25-22(10-12-27(20,21)3)26(2)11-9-19(29)15-18(26)16-23(25)30/h17-23,25,29-30H,5-16H2,1-4H3,(H,28,31)/t17-,18+,19-,20-,21+,22+,23+,25+,26+,27-/m1/s1. The summed E-state index contributed by atoms with van der Waals surface area (Å²) >= 11 is 1.77. The van der Waals surface area contributed by atoms with E-state index < -0.39 is 0 Å². The summed E-state index contributed by atoms with van der Waals surface area (Å²) < 4.78 is 0. The Kier molecular flexibility index (Phi) is 7.59. The third kappa shape index (κ3) is 4.40. The fourth-order valence-electron chi connectivity index (χ4n) is 9.12. The van der Waals surface area contributed by atoms with Gasteiger partial charge in [0.25, 0.3) is 0 Å². The first-order valence-electron chi connectivity index (χ1n) is 13.3. The van der Waals surface area contributed by atoms with Crippen LogP contribution in [0.1, 0.15) is 85.0 Å². The largest absolute Gasteiger partial charge is 0.393 e. The van der Waals surface area contributed by atoms with Crippen LogP contribution in [0.5, 0.6) is 0 Å². The van der Waals surface area contributed by atoms with E-state index in [1.165, 1.54) is 25.7 Å². The van der Waals surface area contributed by atoms with E-state index in [1.807, 2.05) is 0 Å². The Morgan fingerprint density at radius 3 is 2.53 bits per heavy atom. The second kappa shape index (κ2) is 9.77. The lowest BCUT2D eigenvalue weighted by Crippen LogP contribution is -2.58. The van der Waals surface area contributed by atoms with Crippen LogP contribution >= 0.6 is 11.8 Å². The van der Waals surface area contributed by atoms with Crippen LogP contribution in [0, 0.1) is 46.3 Å². The third-order valence-electron chi connectivity index (χ3n) is 10.9. The molecule has 0 spiro atoms. The Morgan fingerprint density at radius 2 is 1.78 bits per heavy atom. The highest BCUT2D eigenvalue weighted by Crippen LogP contribution is 2.68. The Balaban J connectivity index is 1.42. The van der Waals surface area contributed by atoms with Crippen molar-refractivity contribution in [1.82, 2.24) is 5.32 Å². The van der Waals surface area contributed by atoms with Gasteiger partial charge in [0.05, 0.1) is 12.2 Å². The normalized spacial score (nSPS) is 46.6. The van der Waals surface area contributed by atoms with Crippen LogP contribution in [0.3, 0.4) is 0 Å². The summed E-state index contributed by atoms with van der Waals surface area (Å²) in [6, 6.07) is 0. The maximum absolute atomic E-state index is 12.3. The van der Waals surface area contributed by atoms with Gasteiger partial charge in [0.15, 0.2) is 0 Å². The molecule has 4 aliphatic carbocycles. The highest BCUT2D eigenvalue weighted by molar-refractivity contribution is 7.98. The Hall–Kier alpha value is -0.260. The molecular formula is C27H47NO3S. The number of nitrogens with one attached hydrogen (secondary N) is 1. The number of fused-ring (bicyclic) bond motifs is 5. The molecule has 0 aromatic rings. The predicted molar refractivity (Wildman–Crippen MR) is 132 cm³/mol. The van der Waals surface area contributed by atoms with Crippen molar-refractivity contribution >= 4 is 17.7 Å². The van der Waals surface area contributed by atoms with E-state index in [4.69, 9.17) is 0 Å². The van der Waals surface area contributed by atoms with Crippen LogP contribution in [-0.4, -0.2) is 46.9 Å². The molecule has 1 amide bonds. The van der Waals surface area contributed by atoms with E-state index in [-0.39, 0.29) is 18.1 Å². The van der Waals surface area contributed by atoms with Gasteiger partial charge in [0.2, 0.25) is 5.91 Å². The smallest absolute Gasteiger partial charge is 0.220 e. The molecule has 0 bridgehead atoms. The van der Waals surface area contributed by atoms with Gasteiger partial charge in [-0.15, -0.1) is 0 Å². The number of aliphatic hydroxyl groups is 2. The van der Waals surface area contributed by atoms with Crippen LogP contribution in [0.25, 0.3) is 0 Å². The van der Waals surface area contributed by atoms with Gasteiger partial charge in [-0.1, -0.05) is 20.8 Å². The maximum atomic E-state index is 12.3. The van der Waals surface area contributed by atoms with Gasteiger partial charge in [0.1, 0.15) is 0 Å². The van der Waals surface area contributed by atoms with Gasteiger partial charge in [-0.05, 0) is 110 Å². The van der Waals surface area contributed by atoms with Gasteiger partial charge in [0, 0.05) is 18.7 Å². The molecule has 3 N–H and O–H groups in total. The number of carbonyl (C=O) groups is 1. The van der Waals surface area contributed by atoms with Crippen LogP contribution in [-0.2, 0) is 4.79 Å². The lowest BCUT2D eigenvalue weighted by atomic mass is 9.43. The Morgan fingerprint density at radius 1 is 1.06 bits per heavy atom. The SMILES string of the molecule is CSCCNC(=O)CC[C@@H](C)[C@H]1CC[C@H]2[C@@H]3[C@@H](O)C[C@@H]4C[C@H](O)CC[C@]4(C)[C@H]3CC[C@]12C. The maximum Gasteiger partial charge on any atom is 0.220 e. The van der Waals surface area contributed by atoms with Gasteiger partial charge in [-0.25, -0.2) is 0 Å². The molecule has 0 saturated heterocycles. The zero-order valence-corrected chi connectivity index (χ0v) is 21.6. The number of carbonyl (C=O) groups excluding carboxylic acids is 1. The van der Waals surface area contributed by atoms with Crippen molar-refractivity contribution < 1.29 is 15.0 Å². The van der Waals surface area contributed by atoms with Crippen molar-refractivity contribution in [3.63, 3.8) is 0 Å². The summed E-state index contributed by atoms with van der Waals surface area (Å²) in [5.41, 5.74) is 0.595. The minimum atomic E-state index is -0.204. The third-order valence-corrected chi connectivity index (χ3v) is 11.5. The number of aliphatic hydroxyl groups excluding tert-OH is 2. The number of amides is 1. The van der Waals surface area contributed by atoms with E-state index >= 15 is 0 Å². The molecule has 4 fully saturated rings. The van der Waals surface area contributed by atoms with Crippen molar-refractivity contribution in [2.45, 2.75) is 97.2 Å². The minimum absolute atomic E-state index is 0.166. The second-order valence-electron chi connectivity index (χ2n) is 12.3. The van der Waals surface area contributed by atoms with Gasteiger partial charge >= 0.3 is 0 Å². The molecule has 0 heterocycles. The number of rotatable bonds is 7. The molecule has 4 rings (SSSR count). The van der Waals surface area contributed by atoms with Crippen molar-refractivity contribution in [2.24, 2.45) is 46.3 Å². The first-order chi connectivity index (χ1) is 15.2.